The summed E-state index contributed by atoms with van der Waals surface area (Å²) in [5.41, 5.74) is 0. The summed E-state index contributed by atoms with van der Waals surface area (Å²) in [6, 6.07) is 1.93. The van der Waals surface area contributed by atoms with Gasteiger partial charge in [-0.2, -0.15) is 9.35 Å². The Kier molecular flexibility index (Phi) is 4.54. The number of halogens is 1. The van der Waals surface area contributed by atoms with Crippen molar-refractivity contribution >= 4 is 33.0 Å². The van der Waals surface area contributed by atoms with Crippen LogP contribution in [0.25, 0.3) is 0 Å². The van der Waals surface area contributed by atoms with E-state index in [0.29, 0.717) is 38.1 Å². The smallest absolute Gasteiger partial charge is 0.226 e. The number of nitrogens with zero attached hydrogens (tertiary/aromatic N) is 4. The van der Waals surface area contributed by atoms with Crippen molar-refractivity contribution in [3.63, 3.8) is 0 Å². The van der Waals surface area contributed by atoms with Gasteiger partial charge in [0.15, 0.2) is 5.82 Å². The largest absolute Gasteiger partial charge is 0.379 e. The third kappa shape index (κ3) is 3.34. The van der Waals surface area contributed by atoms with Gasteiger partial charge in [0.1, 0.15) is 5.82 Å². The van der Waals surface area contributed by atoms with Crippen molar-refractivity contribution in [2.24, 2.45) is 4.36 Å². The van der Waals surface area contributed by atoms with Crippen LogP contribution in [0.1, 0.15) is 6.92 Å². The van der Waals surface area contributed by atoms with Crippen LogP contribution in [-0.4, -0.2) is 64.7 Å². The van der Waals surface area contributed by atoms with Gasteiger partial charge in [-0.3, -0.25) is 0 Å². The molecule has 3 heterocycles. The molecule has 7 nitrogen and oxygen atoms in total. The van der Waals surface area contributed by atoms with Gasteiger partial charge in [-0.05, 0) is 18.5 Å². The lowest BCUT2D eigenvalue weighted by Crippen LogP contribution is -2.44. The van der Waals surface area contributed by atoms with Crippen molar-refractivity contribution in [3.05, 3.63) is 11.3 Å². The van der Waals surface area contributed by atoms with E-state index in [4.69, 9.17) is 21.1 Å². The Morgan fingerprint density at radius 3 is 2.77 bits per heavy atom. The highest BCUT2D eigenvalue weighted by Crippen LogP contribution is 2.25. The molecule has 0 aliphatic carbocycles. The van der Waals surface area contributed by atoms with E-state index >= 15 is 0 Å². The Hall–Kier alpha value is -0.960. The van der Waals surface area contributed by atoms with E-state index in [-0.39, 0.29) is 16.6 Å². The summed E-state index contributed by atoms with van der Waals surface area (Å²) in [4.78, 5) is 10.5. The number of rotatable bonds is 3. The Morgan fingerprint density at radius 2 is 2.14 bits per heavy atom. The quantitative estimate of drug-likeness (QED) is 0.772. The summed E-state index contributed by atoms with van der Waals surface area (Å²) in [6.07, 6.45) is 1.63. The second-order valence-corrected chi connectivity index (χ2v) is 8.49. The average molecular weight is 347 g/mol. The first-order valence-electron chi connectivity index (χ1n) is 7.13. The molecule has 0 spiro atoms. The van der Waals surface area contributed by atoms with E-state index in [1.165, 1.54) is 0 Å². The van der Waals surface area contributed by atoms with Crippen molar-refractivity contribution in [2.45, 2.75) is 18.2 Å². The van der Waals surface area contributed by atoms with Crippen molar-refractivity contribution in [2.75, 3.05) is 44.1 Å². The van der Waals surface area contributed by atoms with E-state index in [2.05, 4.69) is 26.2 Å². The molecule has 1 aromatic rings. The predicted octanol–water partition coefficient (Wildman–Crippen LogP) is 1.48. The summed E-state index contributed by atoms with van der Waals surface area (Å²) < 4.78 is 27.4. The minimum atomic E-state index is -2.40. The van der Waals surface area contributed by atoms with Gasteiger partial charge < -0.3 is 14.4 Å². The number of hydrogen-bond acceptors (Lipinski definition) is 7. The topological polar surface area (TPSA) is 76.9 Å². The third-order valence-corrected chi connectivity index (χ3v) is 6.06. The average Bonchev–Trinajstić information content (AvgIpc) is 2.34. The SMILES string of the molecule is C[C@@H]1COCCN1c1cc(N=S(C)(=O)C2COC2)nc(Cl)n1. The van der Waals surface area contributed by atoms with Crippen LogP contribution < -0.4 is 4.90 Å². The van der Waals surface area contributed by atoms with E-state index in [1.54, 1.807) is 12.3 Å². The zero-order chi connectivity index (χ0) is 15.7. The summed E-state index contributed by atoms with van der Waals surface area (Å²) in [6.45, 7) is 5.02. The van der Waals surface area contributed by atoms with E-state index < -0.39 is 9.73 Å². The van der Waals surface area contributed by atoms with Crippen LogP contribution in [0.3, 0.4) is 0 Å². The standard InChI is InChI=1S/C13H19ClN4O3S/c1-9-6-20-4-3-18(9)12-5-11(15-13(14)16-12)17-22(2,19)10-7-21-8-10/h5,9-10H,3-4,6-8H2,1-2H3/t9-,22?/m1/s1. The molecule has 0 aromatic carbocycles. The number of morpholine rings is 1. The highest BCUT2D eigenvalue weighted by molar-refractivity contribution is 7.93. The monoisotopic (exact) mass is 346 g/mol. The van der Waals surface area contributed by atoms with Crippen molar-refractivity contribution in [3.8, 4) is 0 Å². The lowest BCUT2D eigenvalue weighted by atomic mass is 10.2. The van der Waals surface area contributed by atoms with Gasteiger partial charge in [-0.15, -0.1) is 0 Å². The summed E-state index contributed by atoms with van der Waals surface area (Å²) in [5, 5.41) is 0.0574. The third-order valence-electron chi connectivity index (χ3n) is 3.83. The van der Waals surface area contributed by atoms with Gasteiger partial charge >= 0.3 is 0 Å². The molecule has 2 aliphatic heterocycles. The number of anilines is 1. The molecular weight excluding hydrogens is 328 g/mol. The molecular formula is C13H19ClN4O3S. The summed E-state index contributed by atoms with van der Waals surface area (Å²) in [5.74, 6) is 1.04. The number of ether oxygens (including phenoxy) is 2. The molecule has 2 atom stereocenters. The van der Waals surface area contributed by atoms with Gasteiger partial charge in [0.25, 0.3) is 0 Å². The molecule has 0 N–H and O–H groups in total. The minimum Gasteiger partial charge on any atom is -0.379 e. The minimum absolute atomic E-state index is 0.0491. The van der Waals surface area contributed by atoms with Crippen LogP contribution in [0.4, 0.5) is 11.6 Å². The number of hydrogen-bond donors (Lipinski definition) is 0. The Balaban J connectivity index is 1.93. The maximum Gasteiger partial charge on any atom is 0.226 e. The Labute approximate surface area is 135 Å². The molecule has 2 fully saturated rings. The molecule has 1 aromatic heterocycles. The zero-order valence-corrected chi connectivity index (χ0v) is 14.1. The summed E-state index contributed by atoms with van der Waals surface area (Å²) in [7, 11) is -2.40. The first kappa shape index (κ1) is 15.9. The van der Waals surface area contributed by atoms with E-state index in [1.807, 2.05) is 0 Å². The van der Waals surface area contributed by atoms with E-state index in [9.17, 15) is 4.21 Å². The molecule has 0 bridgehead atoms. The van der Waals surface area contributed by atoms with Gasteiger partial charge in [0.05, 0.1) is 47.4 Å². The fourth-order valence-corrected chi connectivity index (χ4v) is 3.87. The lowest BCUT2D eigenvalue weighted by molar-refractivity contribution is 0.0431. The second kappa shape index (κ2) is 6.27. The fraction of sp³-hybridized carbons (Fsp3) is 0.692. The molecule has 22 heavy (non-hydrogen) atoms. The Morgan fingerprint density at radius 1 is 1.36 bits per heavy atom. The predicted molar refractivity (Wildman–Crippen MR) is 85.4 cm³/mol. The Bertz CT molecular complexity index is 673. The maximum atomic E-state index is 12.6. The molecule has 0 amide bonds. The van der Waals surface area contributed by atoms with Crippen molar-refractivity contribution in [1.29, 1.82) is 0 Å². The van der Waals surface area contributed by atoms with Crippen LogP contribution in [0.15, 0.2) is 10.4 Å². The lowest BCUT2D eigenvalue weighted by Gasteiger charge is -2.34. The van der Waals surface area contributed by atoms with E-state index in [0.717, 1.165) is 6.54 Å². The zero-order valence-electron chi connectivity index (χ0n) is 12.6. The van der Waals surface area contributed by atoms with Gasteiger partial charge in [-0.1, -0.05) is 0 Å². The van der Waals surface area contributed by atoms with Crippen LogP contribution in [-0.2, 0) is 19.2 Å². The molecule has 1 unspecified atom stereocenters. The van der Waals surface area contributed by atoms with Gasteiger partial charge in [0.2, 0.25) is 5.28 Å². The highest BCUT2D eigenvalue weighted by Gasteiger charge is 2.28. The molecule has 9 heteroatoms. The first-order valence-corrected chi connectivity index (χ1v) is 9.50. The molecule has 2 saturated heterocycles. The van der Waals surface area contributed by atoms with Crippen LogP contribution in [0.5, 0.6) is 0 Å². The molecule has 0 saturated carbocycles. The maximum absolute atomic E-state index is 12.6. The fourth-order valence-electron chi connectivity index (χ4n) is 2.38. The highest BCUT2D eigenvalue weighted by atomic mass is 35.5. The van der Waals surface area contributed by atoms with Crippen LogP contribution in [0.2, 0.25) is 5.28 Å². The second-order valence-electron chi connectivity index (χ2n) is 5.58. The number of aromatic nitrogens is 2. The normalized spacial score (nSPS) is 25.4. The summed E-state index contributed by atoms with van der Waals surface area (Å²) >= 11 is 6.02. The van der Waals surface area contributed by atoms with Crippen LogP contribution in [0, 0.1) is 0 Å². The van der Waals surface area contributed by atoms with Gasteiger partial charge in [0, 0.05) is 18.9 Å². The van der Waals surface area contributed by atoms with Crippen molar-refractivity contribution in [1.82, 2.24) is 9.97 Å². The molecule has 0 radical (unpaired) electrons. The van der Waals surface area contributed by atoms with Crippen molar-refractivity contribution < 1.29 is 13.7 Å². The molecule has 2 aliphatic rings. The first-order chi connectivity index (χ1) is 10.5. The molecule has 3 rings (SSSR count). The molecule has 122 valence electrons. The van der Waals surface area contributed by atoms with Gasteiger partial charge in [-0.25, -0.2) is 9.19 Å². The van der Waals surface area contributed by atoms with Crippen LogP contribution >= 0.6 is 11.6 Å².